The van der Waals surface area contributed by atoms with Crippen molar-refractivity contribution in [2.45, 2.75) is 21.3 Å². The second kappa shape index (κ2) is 5.10. The van der Waals surface area contributed by atoms with Gasteiger partial charge < -0.3 is 11.5 Å². The molecule has 0 radical (unpaired) electrons. The van der Waals surface area contributed by atoms with Crippen molar-refractivity contribution in [1.29, 1.82) is 0 Å². The van der Waals surface area contributed by atoms with Gasteiger partial charge in [0.2, 0.25) is 0 Å². The lowest BCUT2D eigenvalue weighted by molar-refractivity contribution is 0.476. The van der Waals surface area contributed by atoms with Crippen molar-refractivity contribution >= 4 is 45.2 Å². The molecule has 0 aliphatic carbocycles. The maximum atomic E-state index is 5.81. The van der Waals surface area contributed by atoms with Gasteiger partial charge in [-0.3, -0.25) is 0 Å². The molecule has 4 heteroatoms. The minimum atomic E-state index is -0.116. The van der Waals surface area contributed by atoms with Gasteiger partial charge >= 0.3 is 0 Å². The van der Waals surface area contributed by atoms with Crippen molar-refractivity contribution in [3.8, 4) is 0 Å². The molecule has 62 valence electrons. The van der Waals surface area contributed by atoms with Crippen molar-refractivity contribution in [1.82, 2.24) is 0 Å². The summed E-state index contributed by atoms with van der Waals surface area (Å²) >= 11 is 4.49. The molecule has 10 heavy (non-hydrogen) atoms. The van der Waals surface area contributed by atoms with Crippen LogP contribution in [0, 0.1) is 5.92 Å². The van der Waals surface area contributed by atoms with Gasteiger partial charge in [0, 0.05) is 0 Å². The van der Waals surface area contributed by atoms with E-state index in [1.807, 2.05) is 0 Å². The van der Waals surface area contributed by atoms with Crippen LogP contribution in [0.25, 0.3) is 0 Å². The Labute approximate surface area is 89.8 Å². The minimum absolute atomic E-state index is 0.116. The summed E-state index contributed by atoms with van der Waals surface area (Å²) in [4.78, 5) is 0. The van der Waals surface area contributed by atoms with Crippen LogP contribution >= 0.6 is 45.2 Å². The Kier molecular flexibility index (Phi) is 5.81. The van der Waals surface area contributed by atoms with Crippen LogP contribution in [-0.4, -0.2) is 8.10 Å². The second-order valence-corrected chi connectivity index (χ2v) is 8.39. The van der Waals surface area contributed by atoms with E-state index in [-0.39, 0.29) is 1.55 Å². The molecule has 0 fully saturated rings. The Morgan fingerprint density at radius 1 is 1.50 bits per heavy atom. The van der Waals surface area contributed by atoms with E-state index in [1.54, 1.807) is 0 Å². The van der Waals surface area contributed by atoms with Gasteiger partial charge in [0.05, 0.1) is 0 Å². The molecule has 0 aromatic rings. The van der Waals surface area contributed by atoms with Gasteiger partial charge in [-0.25, -0.2) is 0 Å². The number of nitrogens with two attached hydrogens (primary N) is 2. The molecule has 0 amide bonds. The van der Waals surface area contributed by atoms with Crippen LogP contribution in [0.1, 0.15) is 19.8 Å². The minimum Gasteiger partial charge on any atom is -0.330 e. The third-order valence-electron chi connectivity index (χ3n) is 1.47. The highest BCUT2D eigenvalue weighted by molar-refractivity contribution is 14.2. The van der Waals surface area contributed by atoms with Gasteiger partial charge in [0.25, 0.3) is 0 Å². The van der Waals surface area contributed by atoms with Crippen LogP contribution in [0.5, 0.6) is 0 Å². The maximum absolute atomic E-state index is 5.81. The van der Waals surface area contributed by atoms with Crippen LogP contribution < -0.4 is 11.5 Å². The van der Waals surface area contributed by atoms with Gasteiger partial charge in [-0.2, -0.15) is 0 Å². The Bertz CT molecular complexity index is 86.2. The second-order valence-electron chi connectivity index (χ2n) is 2.48. The predicted octanol–water partition coefficient (Wildman–Crippen LogP) is 1.84. The van der Waals surface area contributed by atoms with Gasteiger partial charge in [-0.05, 0) is 64.1 Å². The molecule has 0 aliphatic rings. The topological polar surface area (TPSA) is 52.0 Å². The van der Waals surface area contributed by atoms with E-state index >= 15 is 0 Å². The van der Waals surface area contributed by atoms with E-state index in [2.05, 4.69) is 52.1 Å². The summed E-state index contributed by atoms with van der Waals surface area (Å²) in [7, 11) is 0. The molecule has 0 saturated carbocycles. The summed E-state index contributed by atoms with van der Waals surface area (Å²) in [6.07, 6.45) is 2.13. The monoisotopic (exact) mass is 368 g/mol. The fourth-order valence-electron chi connectivity index (χ4n) is 0.779. The third-order valence-corrected chi connectivity index (χ3v) is 2.35. The average molecular weight is 368 g/mol. The van der Waals surface area contributed by atoms with Gasteiger partial charge in [0.1, 0.15) is 1.55 Å². The number of halogens is 2. The summed E-state index contributed by atoms with van der Waals surface area (Å²) in [5, 5.41) is 0. The van der Waals surface area contributed by atoms with E-state index in [1.165, 1.54) is 0 Å². The Balaban J connectivity index is 3.63. The van der Waals surface area contributed by atoms with Crippen LogP contribution in [0.4, 0.5) is 0 Å². The summed E-state index contributed by atoms with van der Waals surface area (Å²) in [5.74, 6) is 0.582. The molecule has 0 aromatic carbocycles. The average Bonchev–Trinajstić information content (AvgIpc) is 1.81. The fraction of sp³-hybridized carbons (Fsp3) is 1.00. The highest BCUT2D eigenvalue weighted by atomic mass is 127. The summed E-state index contributed by atoms with van der Waals surface area (Å²) < 4.78 is -0.116. The largest absolute Gasteiger partial charge is 0.330 e. The van der Waals surface area contributed by atoms with Gasteiger partial charge in [-0.15, -0.1) is 0 Å². The molecular weight excluding hydrogens is 354 g/mol. The quantitative estimate of drug-likeness (QED) is 0.452. The van der Waals surface area contributed by atoms with Gasteiger partial charge in [0.15, 0.2) is 0 Å². The zero-order valence-electron chi connectivity index (χ0n) is 6.11. The first-order valence-corrected chi connectivity index (χ1v) is 5.52. The molecule has 1 unspecified atom stereocenters. The number of hydrogen-bond donors (Lipinski definition) is 2. The fourth-order valence-corrected chi connectivity index (χ4v) is 2.02. The molecule has 0 aromatic heterocycles. The standard InChI is InChI=1S/C6H14I2N2/c1-2-5(4-9)3-6(7,8)10/h5H,2-4,9-10H2,1H3. The van der Waals surface area contributed by atoms with Crippen molar-refractivity contribution in [3.05, 3.63) is 0 Å². The van der Waals surface area contributed by atoms with E-state index in [4.69, 9.17) is 11.5 Å². The molecule has 1 atom stereocenters. The number of rotatable bonds is 4. The van der Waals surface area contributed by atoms with E-state index in [0.717, 1.165) is 19.4 Å². The first kappa shape index (κ1) is 11.4. The number of alkyl halides is 2. The van der Waals surface area contributed by atoms with Crippen LogP contribution in [-0.2, 0) is 0 Å². The molecule has 0 bridgehead atoms. The maximum Gasteiger partial charge on any atom is 0.120 e. The summed E-state index contributed by atoms with van der Waals surface area (Å²) in [6.45, 7) is 2.90. The zero-order valence-corrected chi connectivity index (χ0v) is 10.4. The normalized spacial score (nSPS) is 15.3. The molecule has 0 aliphatic heterocycles. The number of hydrogen-bond acceptors (Lipinski definition) is 2. The molecule has 0 spiro atoms. The van der Waals surface area contributed by atoms with Crippen molar-refractivity contribution in [2.75, 3.05) is 6.54 Å². The molecule has 4 N–H and O–H groups in total. The molecular formula is C6H14I2N2. The molecule has 0 saturated heterocycles. The lowest BCUT2D eigenvalue weighted by Crippen LogP contribution is -2.29. The lowest BCUT2D eigenvalue weighted by atomic mass is 10.0. The van der Waals surface area contributed by atoms with Crippen LogP contribution in [0.15, 0.2) is 0 Å². The summed E-state index contributed by atoms with van der Waals surface area (Å²) in [6, 6.07) is 0. The van der Waals surface area contributed by atoms with Crippen molar-refractivity contribution in [3.63, 3.8) is 0 Å². The van der Waals surface area contributed by atoms with Crippen molar-refractivity contribution < 1.29 is 0 Å². The zero-order chi connectivity index (χ0) is 8.20. The lowest BCUT2D eigenvalue weighted by Gasteiger charge is -2.20. The van der Waals surface area contributed by atoms with Crippen LogP contribution in [0.2, 0.25) is 0 Å². The highest BCUT2D eigenvalue weighted by Crippen LogP contribution is 2.29. The Morgan fingerprint density at radius 3 is 2.10 bits per heavy atom. The SMILES string of the molecule is CCC(CN)CC(N)(I)I. The van der Waals surface area contributed by atoms with E-state index < -0.39 is 0 Å². The molecule has 0 rings (SSSR count). The molecule has 2 nitrogen and oxygen atoms in total. The Hall–Kier alpha value is 1.38. The first-order valence-electron chi connectivity index (χ1n) is 3.36. The smallest absolute Gasteiger partial charge is 0.120 e. The van der Waals surface area contributed by atoms with Crippen molar-refractivity contribution in [2.24, 2.45) is 17.4 Å². The van der Waals surface area contributed by atoms with E-state index in [0.29, 0.717) is 5.92 Å². The Morgan fingerprint density at radius 2 is 2.00 bits per heavy atom. The summed E-state index contributed by atoms with van der Waals surface area (Å²) in [5.41, 5.74) is 11.3. The molecule has 0 heterocycles. The van der Waals surface area contributed by atoms with Gasteiger partial charge in [-0.1, -0.05) is 13.3 Å². The van der Waals surface area contributed by atoms with Crippen LogP contribution in [0.3, 0.4) is 0 Å². The first-order chi connectivity index (χ1) is 4.49. The highest BCUT2D eigenvalue weighted by Gasteiger charge is 2.19. The third kappa shape index (κ3) is 6.11. The van der Waals surface area contributed by atoms with E-state index in [9.17, 15) is 0 Å². The predicted molar refractivity (Wildman–Crippen MR) is 62.4 cm³/mol.